The highest BCUT2D eigenvalue weighted by atomic mass is 35.5. The summed E-state index contributed by atoms with van der Waals surface area (Å²) in [6, 6.07) is 10.7. The predicted molar refractivity (Wildman–Crippen MR) is 129 cm³/mol. The summed E-state index contributed by atoms with van der Waals surface area (Å²) in [5.41, 5.74) is 1.57. The number of alkyl halides is 3. The molecule has 0 aromatic heterocycles. The van der Waals surface area contributed by atoms with E-state index in [1.807, 2.05) is 19.1 Å². The molecular weight excluding hydrogens is 499 g/mol. The van der Waals surface area contributed by atoms with E-state index in [-0.39, 0.29) is 41.1 Å². The molecule has 2 aromatic carbocycles. The predicted octanol–water partition coefficient (Wildman–Crippen LogP) is 4.97. The van der Waals surface area contributed by atoms with Gasteiger partial charge in [-0.3, -0.25) is 4.79 Å². The van der Waals surface area contributed by atoms with Gasteiger partial charge in [-0.2, -0.15) is 13.2 Å². The summed E-state index contributed by atoms with van der Waals surface area (Å²) in [6.07, 6.45) is -3.71. The van der Waals surface area contributed by atoms with Crippen LogP contribution in [0.4, 0.5) is 23.7 Å². The fraction of sp³-hybridized carbons (Fsp3) is 0.440. The minimum absolute atomic E-state index is 0.00632. The topological polar surface area (TPSA) is 62.3 Å². The minimum atomic E-state index is -4.49. The fourth-order valence-corrected chi connectivity index (χ4v) is 4.75. The molecule has 2 heterocycles. The van der Waals surface area contributed by atoms with Crippen molar-refractivity contribution < 1.29 is 32.2 Å². The van der Waals surface area contributed by atoms with Crippen molar-refractivity contribution in [3.05, 3.63) is 58.6 Å². The second-order valence-corrected chi connectivity index (χ2v) is 9.35. The normalized spacial score (nSPS) is 20.2. The number of likely N-dealkylation sites (tertiary alicyclic amines) is 1. The molecule has 11 heteroatoms. The van der Waals surface area contributed by atoms with E-state index < -0.39 is 18.7 Å². The summed E-state index contributed by atoms with van der Waals surface area (Å²) >= 11 is 6.30. The quantitative estimate of drug-likeness (QED) is 0.565. The molecule has 36 heavy (non-hydrogen) atoms. The molecule has 0 bridgehead atoms. The highest BCUT2D eigenvalue weighted by Crippen LogP contribution is 2.32. The first kappa shape index (κ1) is 26.1. The number of ether oxygens (including phenoxy) is 2. The van der Waals surface area contributed by atoms with E-state index in [2.05, 4.69) is 0 Å². The number of carbonyl (C=O) groups excluding carboxylic acids is 2. The lowest BCUT2D eigenvalue weighted by atomic mass is 10.1. The first-order chi connectivity index (χ1) is 17.1. The van der Waals surface area contributed by atoms with Crippen LogP contribution in [-0.4, -0.2) is 73.4 Å². The van der Waals surface area contributed by atoms with Crippen molar-refractivity contribution in [1.29, 1.82) is 0 Å². The molecule has 1 saturated heterocycles. The van der Waals surface area contributed by atoms with Gasteiger partial charge >= 0.3 is 12.2 Å². The number of fused-ring (bicyclic) bond motifs is 1. The number of carbonyl (C=O) groups is 2. The first-order valence-electron chi connectivity index (χ1n) is 11.5. The van der Waals surface area contributed by atoms with Crippen molar-refractivity contribution in [2.75, 3.05) is 38.3 Å². The van der Waals surface area contributed by atoms with Crippen LogP contribution in [0.1, 0.15) is 29.3 Å². The van der Waals surface area contributed by atoms with Gasteiger partial charge < -0.3 is 24.2 Å². The molecule has 0 N–H and O–H groups in total. The van der Waals surface area contributed by atoms with E-state index in [4.69, 9.17) is 21.1 Å². The van der Waals surface area contributed by atoms with Crippen molar-refractivity contribution in [1.82, 2.24) is 9.80 Å². The number of amides is 3. The average molecular weight is 526 g/mol. The standard InChI is InChI=1S/C25H27ClF3N3O4/c1-16-12-32(23(33)20-8-7-18(11-21(20)26)36-15-25(27,28)29)22-6-4-3-5-17(22)13-31(16)24(34)30-10-9-19(14-30)35-2/h3-8,11,16,19H,9-10,12-15H2,1-2H3/t16-,19+/m1/s1. The molecule has 2 atom stereocenters. The van der Waals surface area contributed by atoms with Gasteiger partial charge in [-0.15, -0.1) is 0 Å². The summed E-state index contributed by atoms with van der Waals surface area (Å²) in [5.74, 6) is -0.508. The molecule has 1 fully saturated rings. The largest absolute Gasteiger partial charge is 0.484 e. The zero-order valence-electron chi connectivity index (χ0n) is 19.9. The Morgan fingerprint density at radius 1 is 1.14 bits per heavy atom. The van der Waals surface area contributed by atoms with Crippen molar-refractivity contribution in [3.8, 4) is 5.75 Å². The maximum atomic E-state index is 13.6. The summed E-state index contributed by atoms with van der Waals surface area (Å²) in [7, 11) is 1.63. The summed E-state index contributed by atoms with van der Waals surface area (Å²) in [4.78, 5) is 32.1. The minimum Gasteiger partial charge on any atom is -0.484 e. The van der Waals surface area contributed by atoms with Crippen LogP contribution < -0.4 is 9.64 Å². The number of nitrogens with zero attached hydrogens (tertiary/aromatic N) is 3. The number of para-hydroxylation sites is 1. The van der Waals surface area contributed by atoms with Crippen LogP contribution in [-0.2, 0) is 11.3 Å². The van der Waals surface area contributed by atoms with E-state index in [1.54, 1.807) is 33.9 Å². The Balaban J connectivity index is 1.58. The van der Waals surface area contributed by atoms with Crippen LogP contribution in [0.25, 0.3) is 0 Å². The van der Waals surface area contributed by atoms with E-state index >= 15 is 0 Å². The molecule has 2 aromatic rings. The maximum Gasteiger partial charge on any atom is 0.422 e. The third-order valence-corrected chi connectivity index (χ3v) is 6.73. The van der Waals surface area contributed by atoms with Gasteiger partial charge in [-0.1, -0.05) is 29.8 Å². The van der Waals surface area contributed by atoms with Gasteiger partial charge in [0, 0.05) is 45.0 Å². The zero-order chi connectivity index (χ0) is 26.0. The van der Waals surface area contributed by atoms with Gasteiger partial charge in [0.15, 0.2) is 6.61 Å². The second kappa shape index (κ2) is 10.6. The lowest BCUT2D eigenvalue weighted by Gasteiger charge is -2.32. The second-order valence-electron chi connectivity index (χ2n) is 8.94. The summed E-state index contributed by atoms with van der Waals surface area (Å²) in [6.45, 7) is 2.07. The van der Waals surface area contributed by atoms with Gasteiger partial charge in [0.05, 0.1) is 16.7 Å². The number of methoxy groups -OCH3 is 1. The number of hydrogen-bond donors (Lipinski definition) is 0. The van der Waals surface area contributed by atoms with Crippen molar-refractivity contribution in [2.45, 2.75) is 38.2 Å². The third kappa shape index (κ3) is 5.70. The van der Waals surface area contributed by atoms with Crippen LogP contribution in [0.5, 0.6) is 5.75 Å². The Hall–Kier alpha value is -2.98. The van der Waals surface area contributed by atoms with Crippen molar-refractivity contribution in [3.63, 3.8) is 0 Å². The molecule has 0 aliphatic carbocycles. The molecule has 0 radical (unpaired) electrons. The van der Waals surface area contributed by atoms with Crippen molar-refractivity contribution in [2.24, 2.45) is 0 Å². The van der Waals surface area contributed by atoms with Gasteiger partial charge in [0.25, 0.3) is 5.91 Å². The number of benzene rings is 2. The van der Waals surface area contributed by atoms with Gasteiger partial charge in [0.2, 0.25) is 0 Å². The molecule has 194 valence electrons. The maximum absolute atomic E-state index is 13.6. The fourth-order valence-electron chi connectivity index (χ4n) is 4.50. The van der Waals surface area contributed by atoms with Crippen molar-refractivity contribution >= 4 is 29.2 Å². The molecule has 3 amide bonds. The molecule has 0 saturated carbocycles. The monoisotopic (exact) mass is 525 g/mol. The van der Waals surface area contributed by atoms with E-state index in [1.165, 1.54) is 18.2 Å². The van der Waals surface area contributed by atoms with Crippen LogP contribution in [0, 0.1) is 0 Å². The summed E-state index contributed by atoms with van der Waals surface area (Å²) < 4.78 is 47.6. The lowest BCUT2D eigenvalue weighted by Crippen LogP contribution is -2.49. The lowest BCUT2D eigenvalue weighted by molar-refractivity contribution is -0.153. The first-order valence-corrected chi connectivity index (χ1v) is 11.9. The highest BCUT2D eigenvalue weighted by molar-refractivity contribution is 6.34. The Labute approximate surface area is 212 Å². The molecular formula is C25H27ClF3N3O4. The van der Waals surface area contributed by atoms with Gasteiger partial charge in [-0.05, 0) is 43.2 Å². The Morgan fingerprint density at radius 3 is 2.56 bits per heavy atom. The number of halogens is 4. The molecule has 0 unspecified atom stereocenters. The van der Waals surface area contributed by atoms with Gasteiger partial charge in [-0.25, -0.2) is 4.79 Å². The van der Waals surface area contributed by atoms with Gasteiger partial charge in [0.1, 0.15) is 5.75 Å². The van der Waals surface area contributed by atoms with Crippen LogP contribution in [0.2, 0.25) is 5.02 Å². The molecule has 0 spiro atoms. The zero-order valence-corrected chi connectivity index (χ0v) is 20.7. The number of urea groups is 1. The van der Waals surface area contributed by atoms with E-state index in [0.717, 1.165) is 12.0 Å². The Kier molecular flexibility index (Phi) is 7.65. The molecule has 2 aliphatic heterocycles. The molecule has 2 aliphatic rings. The number of hydrogen-bond acceptors (Lipinski definition) is 4. The van der Waals surface area contributed by atoms with E-state index in [0.29, 0.717) is 25.3 Å². The smallest absolute Gasteiger partial charge is 0.422 e. The number of rotatable bonds is 4. The Bertz CT molecular complexity index is 1130. The molecule has 4 rings (SSSR count). The van der Waals surface area contributed by atoms with E-state index in [9.17, 15) is 22.8 Å². The Morgan fingerprint density at radius 2 is 1.89 bits per heavy atom. The van der Waals surface area contributed by atoms with Crippen LogP contribution in [0.15, 0.2) is 42.5 Å². The third-order valence-electron chi connectivity index (χ3n) is 6.42. The summed E-state index contributed by atoms with van der Waals surface area (Å²) in [5, 5.41) is -0.0235. The van der Waals surface area contributed by atoms with Crippen LogP contribution >= 0.6 is 11.6 Å². The SMILES string of the molecule is CO[C@H]1CCN(C(=O)N2Cc3ccccc3N(C(=O)c3ccc(OCC(F)(F)F)cc3Cl)C[C@H]2C)C1. The average Bonchev–Trinajstić information content (AvgIpc) is 3.27. The number of anilines is 1. The molecule has 7 nitrogen and oxygen atoms in total. The van der Waals surface area contributed by atoms with Crippen LogP contribution in [0.3, 0.4) is 0 Å². The highest BCUT2D eigenvalue weighted by Gasteiger charge is 2.36.